The number of aliphatic hydroxyl groups excluding tert-OH is 1. The maximum absolute atomic E-state index is 9.24. The second kappa shape index (κ2) is 6.29. The molecule has 1 atom stereocenters. The molecule has 2 aromatic rings. The van der Waals surface area contributed by atoms with Gasteiger partial charge in [-0.15, -0.1) is 0 Å². The highest BCUT2D eigenvalue weighted by Crippen LogP contribution is 2.27. The number of anilines is 1. The standard InChI is InChI=1S/C17H20ClNO/c1-12-10-17(9-6-15(12)11-20)19(3)13(2)14-4-7-16(18)8-5-14/h4-10,13,20H,11H2,1-3H3. The molecule has 0 bridgehead atoms. The van der Waals surface area contributed by atoms with E-state index in [1.165, 1.54) is 5.56 Å². The molecule has 3 heteroatoms. The molecule has 20 heavy (non-hydrogen) atoms. The average Bonchev–Trinajstić information content (AvgIpc) is 2.46. The quantitative estimate of drug-likeness (QED) is 0.905. The zero-order valence-corrected chi connectivity index (χ0v) is 12.9. The van der Waals surface area contributed by atoms with E-state index in [9.17, 15) is 5.11 Å². The lowest BCUT2D eigenvalue weighted by atomic mass is 10.0. The third-order valence-electron chi connectivity index (χ3n) is 3.84. The van der Waals surface area contributed by atoms with E-state index in [2.05, 4.69) is 37.1 Å². The fourth-order valence-corrected chi connectivity index (χ4v) is 2.39. The first kappa shape index (κ1) is 14.9. The fraction of sp³-hybridized carbons (Fsp3) is 0.294. The number of nitrogens with zero attached hydrogens (tertiary/aromatic N) is 1. The smallest absolute Gasteiger partial charge is 0.0684 e. The van der Waals surface area contributed by atoms with Crippen LogP contribution in [0.25, 0.3) is 0 Å². The van der Waals surface area contributed by atoms with Crippen molar-refractivity contribution in [1.82, 2.24) is 0 Å². The highest BCUT2D eigenvalue weighted by Gasteiger charge is 2.13. The van der Waals surface area contributed by atoms with E-state index in [-0.39, 0.29) is 12.6 Å². The van der Waals surface area contributed by atoms with Crippen molar-refractivity contribution in [3.63, 3.8) is 0 Å². The highest BCUT2D eigenvalue weighted by atomic mass is 35.5. The Kier molecular flexibility index (Phi) is 4.69. The van der Waals surface area contributed by atoms with Gasteiger partial charge in [0.05, 0.1) is 12.6 Å². The van der Waals surface area contributed by atoms with Crippen LogP contribution in [0.5, 0.6) is 0 Å². The van der Waals surface area contributed by atoms with E-state index < -0.39 is 0 Å². The molecule has 0 fully saturated rings. The molecule has 2 aromatic carbocycles. The second-order valence-electron chi connectivity index (χ2n) is 5.11. The zero-order valence-electron chi connectivity index (χ0n) is 12.1. The molecule has 2 nitrogen and oxygen atoms in total. The predicted octanol–water partition coefficient (Wildman–Crippen LogP) is 4.34. The molecule has 0 aliphatic heterocycles. The van der Waals surface area contributed by atoms with Crippen LogP contribution in [0.15, 0.2) is 42.5 Å². The van der Waals surface area contributed by atoms with Crippen molar-refractivity contribution in [2.75, 3.05) is 11.9 Å². The Morgan fingerprint density at radius 1 is 1.15 bits per heavy atom. The normalized spacial score (nSPS) is 12.2. The lowest BCUT2D eigenvalue weighted by Gasteiger charge is -2.28. The summed E-state index contributed by atoms with van der Waals surface area (Å²) < 4.78 is 0. The van der Waals surface area contributed by atoms with Gasteiger partial charge in [-0.2, -0.15) is 0 Å². The van der Waals surface area contributed by atoms with Crippen LogP contribution >= 0.6 is 11.6 Å². The Morgan fingerprint density at radius 2 is 1.80 bits per heavy atom. The van der Waals surface area contributed by atoms with Gasteiger partial charge in [0.25, 0.3) is 0 Å². The molecule has 1 unspecified atom stereocenters. The van der Waals surface area contributed by atoms with E-state index in [1.54, 1.807) is 0 Å². The SMILES string of the molecule is Cc1cc(N(C)C(C)c2ccc(Cl)cc2)ccc1CO. The number of halogens is 1. The molecule has 0 aliphatic carbocycles. The fourth-order valence-electron chi connectivity index (χ4n) is 2.27. The lowest BCUT2D eigenvalue weighted by Crippen LogP contribution is -2.21. The number of benzene rings is 2. The maximum atomic E-state index is 9.24. The van der Waals surface area contributed by atoms with Gasteiger partial charge >= 0.3 is 0 Å². The second-order valence-corrected chi connectivity index (χ2v) is 5.54. The van der Waals surface area contributed by atoms with Gasteiger partial charge in [0, 0.05) is 17.8 Å². The molecule has 0 aliphatic rings. The summed E-state index contributed by atoms with van der Waals surface area (Å²) in [6.07, 6.45) is 0. The van der Waals surface area contributed by atoms with Crippen LogP contribution in [0.2, 0.25) is 5.02 Å². The highest BCUT2D eigenvalue weighted by molar-refractivity contribution is 6.30. The summed E-state index contributed by atoms with van der Waals surface area (Å²) in [5.74, 6) is 0. The first-order valence-electron chi connectivity index (χ1n) is 6.71. The minimum Gasteiger partial charge on any atom is -0.392 e. The van der Waals surface area contributed by atoms with Crippen LogP contribution in [-0.2, 0) is 6.61 Å². The molecule has 0 amide bonds. The van der Waals surface area contributed by atoms with Crippen molar-refractivity contribution in [2.45, 2.75) is 26.5 Å². The molecular weight excluding hydrogens is 270 g/mol. The Morgan fingerprint density at radius 3 is 2.35 bits per heavy atom. The van der Waals surface area contributed by atoms with Gasteiger partial charge in [-0.3, -0.25) is 0 Å². The minimum atomic E-state index is 0.0859. The van der Waals surface area contributed by atoms with Crippen molar-refractivity contribution in [1.29, 1.82) is 0 Å². The summed E-state index contributed by atoms with van der Waals surface area (Å²) in [4.78, 5) is 2.22. The van der Waals surface area contributed by atoms with E-state index >= 15 is 0 Å². The molecule has 2 rings (SSSR count). The summed E-state index contributed by atoms with van der Waals surface area (Å²) in [7, 11) is 2.08. The van der Waals surface area contributed by atoms with Crippen molar-refractivity contribution >= 4 is 17.3 Å². The Bertz CT molecular complexity index is 580. The molecule has 0 saturated heterocycles. The summed E-state index contributed by atoms with van der Waals surface area (Å²) in [5, 5.41) is 9.99. The van der Waals surface area contributed by atoms with Gasteiger partial charge in [-0.1, -0.05) is 29.8 Å². The van der Waals surface area contributed by atoms with Crippen LogP contribution in [0.4, 0.5) is 5.69 Å². The number of hydrogen-bond donors (Lipinski definition) is 1. The molecule has 0 radical (unpaired) electrons. The van der Waals surface area contributed by atoms with Gasteiger partial charge in [-0.05, 0) is 54.8 Å². The number of hydrogen-bond acceptors (Lipinski definition) is 2. The summed E-state index contributed by atoms with van der Waals surface area (Å²) in [6, 6.07) is 14.3. The van der Waals surface area contributed by atoms with Crippen LogP contribution in [0.3, 0.4) is 0 Å². The van der Waals surface area contributed by atoms with Crippen LogP contribution in [0, 0.1) is 6.92 Å². The lowest BCUT2D eigenvalue weighted by molar-refractivity contribution is 0.281. The zero-order chi connectivity index (χ0) is 14.7. The average molecular weight is 290 g/mol. The molecule has 1 N–H and O–H groups in total. The van der Waals surface area contributed by atoms with Crippen molar-refractivity contribution in [3.8, 4) is 0 Å². The van der Waals surface area contributed by atoms with Gasteiger partial charge in [0.15, 0.2) is 0 Å². The maximum Gasteiger partial charge on any atom is 0.0684 e. The summed E-state index contributed by atoms with van der Waals surface area (Å²) in [5.41, 5.74) is 4.45. The van der Waals surface area contributed by atoms with Crippen molar-refractivity contribution in [3.05, 3.63) is 64.2 Å². The Balaban J connectivity index is 2.24. The number of aryl methyl sites for hydroxylation is 1. The van der Waals surface area contributed by atoms with Crippen LogP contribution < -0.4 is 4.90 Å². The van der Waals surface area contributed by atoms with Crippen molar-refractivity contribution < 1.29 is 5.11 Å². The van der Waals surface area contributed by atoms with E-state index in [0.717, 1.165) is 21.8 Å². The van der Waals surface area contributed by atoms with Crippen LogP contribution in [0.1, 0.15) is 29.7 Å². The number of rotatable bonds is 4. The molecular formula is C17H20ClNO. The predicted molar refractivity (Wildman–Crippen MR) is 85.4 cm³/mol. The molecule has 0 heterocycles. The monoisotopic (exact) mass is 289 g/mol. The Hall–Kier alpha value is -1.51. The molecule has 0 saturated carbocycles. The largest absolute Gasteiger partial charge is 0.392 e. The topological polar surface area (TPSA) is 23.5 Å². The third-order valence-corrected chi connectivity index (χ3v) is 4.09. The number of aliphatic hydroxyl groups is 1. The van der Waals surface area contributed by atoms with Crippen molar-refractivity contribution in [2.24, 2.45) is 0 Å². The van der Waals surface area contributed by atoms with Crippen LogP contribution in [-0.4, -0.2) is 12.2 Å². The van der Waals surface area contributed by atoms with Gasteiger partial charge < -0.3 is 10.0 Å². The molecule has 0 spiro atoms. The first-order valence-corrected chi connectivity index (χ1v) is 7.09. The minimum absolute atomic E-state index is 0.0859. The first-order chi connectivity index (χ1) is 9.52. The van der Waals surface area contributed by atoms with E-state index in [1.807, 2.05) is 31.2 Å². The van der Waals surface area contributed by atoms with Gasteiger partial charge in [-0.25, -0.2) is 0 Å². The Labute approximate surface area is 125 Å². The molecule has 0 aromatic heterocycles. The van der Waals surface area contributed by atoms with E-state index in [4.69, 9.17) is 11.6 Å². The van der Waals surface area contributed by atoms with E-state index in [0.29, 0.717) is 0 Å². The third kappa shape index (κ3) is 3.14. The summed E-state index contributed by atoms with van der Waals surface area (Å²) in [6.45, 7) is 4.27. The van der Waals surface area contributed by atoms with Gasteiger partial charge in [0.2, 0.25) is 0 Å². The molecule has 106 valence electrons. The van der Waals surface area contributed by atoms with Gasteiger partial charge in [0.1, 0.15) is 0 Å². The summed E-state index contributed by atoms with van der Waals surface area (Å²) >= 11 is 5.93.